The molecule has 2 amide bonds. The lowest BCUT2D eigenvalue weighted by Crippen LogP contribution is -2.71. The first-order valence-electron chi connectivity index (χ1n) is 14.8. The van der Waals surface area contributed by atoms with E-state index in [0.717, 1.165) is 16.8 Å². The van der Waals surface area contributed by atoms with Crippen molar-refractivity contribution in [2.45, 2.75) is 44.9 Å². The fraction of sp³-hybridized carbons (Fsp3) is 0.516. The molecule has 0 saturated carbocycles. The van der Waals surface area contributed by atoms with Crippen molar-refractivity contribution in [2.75, 3.05) is 69.4 Å². The fourth-order valence-corrected chi connectivity index (χ4v) is 5.82. The Morgan fingerprint density at radius 3 is 2.60 bits per heavy atom. The molecule has 3 fully saturated rings. The van der Waals surface area contributed by atoms with Gasteiger partial charge in [0.05, 0.1) is 56.6 Å². The van der Waals surface area contributed by atoms with E-state index in [1.54, 1.807) is 18.0 Å². The minimum Gasteiger partial charge on any atom is -0.444 e. The van der Waals surface area contributed by atoms with Crippen molar-refractivity contribution >= 4 is 34.8 Å². The number of pyridine rings is 1. The van der Waals surface area contributed by atoms with E-state index in [0.29, 0.717) is 75.4 Å². The molecule has 1 spiro atoms. The number of rotatable bonds is 4. The van der Waals surface area contributed by atoms with Crippen LogP contribution in [0.1, 0.15) is 38.1 Å². The topological polar surface area (TPSA) is 122 Å². The van der Waals surface area contributed by atoms with Crippen LogP contribution < -0.4 is 15.1 Å². The molecule has 5 heterocycles. The highest BCUT2D eigenvalue weighted by Gasteiger charge is 2.50. The van der Waals surface area contributed by atoms with E-state index in [-0.39, 0.29) is 18.0 Å². The molecule has 6 rings (SSSR count). The van der Waals surface area contributed by atoms with E-state index >= 15 is 0 Å². The van der Waals surface area contributed by atoms with Gasteiger partial charge in [0.15, 0.2) is 5.65 Å². The van der Waals surface area contributed by atoms with Gasteiger partial charge in [-0.05, 0) is 52.0 Å². The molecule has 0 aliphatic carbocycles. The number of nitrogens with one attached hydrogen (secondary N) is 1. The Balaban J connectivity index is 1.34. The summed E-state index contributed by atoms with van der Waals surface area (Å²) in [4.78, 5) is 46.0. The van der Waals surface area contributed by atoms with Gasteiger partial charge in [0.2, 0.25) is 5.95 Å². The number of anilines is 2. The minimum absolute atomic E-state index is 0.133. The summed E-state index contributed by atoms with van der Waals surface area (Å²) in [6, 6.07) is 11.5. The number of morpholine rings is 2. The third-order valence-corrected chi connectivity index (χ3v) is 7.96. The second-order valence-corrected chi connectivity index (χ2v) is 12.5. The maximum Gasteiger partial charge on any atom is 0.410 e. The molecule has 1 atom stereocenters. The smallest absolute Gasteiger partial charge is 0.410 e. The number of carbonyl (C=O) groups is 2. The highest BCUT2D eigenvalue weighted by Crippen LogP contribution is 2.35. The first-order chi connectivity index (χ1) is 20.5. The van der Waals surface area contributed by atoms with Gasteiger partial charge in [0.25, 0.3) is 5.91 Å². The number of aromatic nitrogens is 3. The minimum atomic E-state index is -0.555. The van der Waals surface area contributed by atoms with Crippen LogP contribution in [0.2, 0.25) is 0 Å². The van der Waals surface area contributed by atoms with E-state index in [9.17, 15) is 9.59 Å². The van der Waals surface area contributed by atoms with Crippen LogP contribution in [-0.2, 0) is 14.2 Å². The van der Waals surface area contributed by atoms with Gasteiger partial charge < -0.3 is 34.2 Å². The van der Waals surface area contributed by atoms with Gasteiger partial charge >= 0.3 is 6.09 Å². The van der Waals surface area contributed by atoms with Crippen LogP contribution in [0.25, 0.3) is 22.3 Å². The molecule has 0 bridgehead atoms. The number of carbonyl (C=O) groups excluding carboxylic acids is 2. The van der Waals surface area contributed by atoms with Gasteiger partial charge in [-0.2, -0.15) is 9.97 Å². The van der Waals surface area contributed by atoms with Crippen molar-refractivity contribution in [1.82, 2.24) is 25.2 Å². The van der Waals surface area contributed by atoms with E-state index in [1.165, 1.54) is 0 Å². The zero-order chi connectivity index (χ0) is 30.4. The van der Waals surface area contributed by atoms with Crippen LogP contribution in [0.5, 0.6) is 0 Å². The van der Waals surface area contributed by atoms with Crippen molar-refractivity contribution < 1.29 is 23.8 Å². The highest BCUT2D eigenvalue weighted by molar-refractivity contribution is 5.95. The number of fused-ring (bicyclic) bond motifs is 1. The summed E-state index contributed by atoms with van der Waals surface area (Å²) in [6.07, 6.45) is -0.332. The average Bonchev–Trinajstić information content (AvgIpc) is 2.98. The number of amides is 2. The Morgan fingerprint density at radius 1 is 1.05 bits per heavy atom. The van der Waals surface area contributed by atoms with Crippen LogP contribution in [0.3, 0.4) is 0 Å². The molecule has 1 aromatic carbocycles. The van der Waals surface area contributed by atoms with E-state index in [2.05, 4.69) is 22.0 Å². The van der Waals surface area contributed by atoms with Crippen molar-refractivity contribution in [3.63, 3.8) is 0 Å². The summed E-state index contributed by atoms with van der Waals surface area (Å²) < 4.78 is 17.5. The molecular formula is C31H39N7O5. The zero-order valence-electron chi connectivity index (χ0n) is 25.4. The van der Waals surface area contributed by atoms with Gasteiger partial charge in [-0.25, -0.2) is 9.78 Å². The number of benzene rings is 1. The third kappa shape index (κ3) is 5.94. The van der Waals surface area contributed by atoms with Crippen LogP contribution in [0.4, 0.5) is 16.6 Å². The van der Waals surface area contributed by atoms with E-state index in [4.69, 9.17) is 29.2 Å². The zero-order valence-corrected chi connectivity index (χ0v) is 25.4. The Kier molecular flexibility index (Phi) is 7.59. The van der Waals surface area contributed by atoms with Gasteiger partial charge in [0.1, 0.15) is 17.0 Å². The predicted octanol–water partition coefficient (Wildman–Crippen LogP) is 3.10. The fourth-order valence-electron chi connectivity index (χ4n) is 5.82. The Hall–Kier alpha value is -4.03. The number of hydrogen-bond donors (Lipinski definition) is 1. The monoisotopic (exact) mass is 589 g/mol. The quantitative estimate of drug-likeness (QED) is 0.486. The molecule has 228 valence electrons. The van der Waals surface area contributed by atoms with Crippen molar-refractivity contribution in [3.05, 3.63) is 42.0 Å². The Labute approximate surface area is 251 Å². The first kappa shape index (κ1) is 29.1. The van der Waals surface area contributed by atoms with E-state index < -0.39 is 11.2 Å². The summed E-state index contributed by atoms with van der Waals surface area (Å²) in [6.45, 7) is 12.2. The maximum absolute atomic E-state index is 12.6. The van der Waals surface area contributed by atoms with Crippen molar-refractivity contribution in [2.24, 2.45) is 0 Å². The molecule has 3 saturated heterocycles. The molecule has 12 heteroatoms. The standard InChI is InChI=1S/C31H39N7O5/c1-20-16-41-13-12-38(20)26-23-9-10-24(21-7-6-8-22(15-21)27(39)32-5)33-25(23)34-28(35-26)36-11-14-42-31(17-36)18-37(19-31)29(40)43-30(2,3)4/h6-10,15,20H,11-14,16-19H2,1-5H3,(H,32,39)/t20-/m0/s1. The summed E-state index contributed by atoms with van der Waals surface area (Å²) in [5.74, 6) is 1.24. The molecule has 43 heavy (non-hydrogen) atoms. The number of hydrogen-bond acceptors (Lipinski definition) is 10. The van der Waals surface area contributed by atoms with Gasteiger partial charge in [-0.3, -0.25) is 4.79 Å². The molecule has 12 nitrogen and oxygen atoms in total. The highest BCUT2D eigenvalue weighted by atomic mass is 16.6. The average molecular weight is 590 g/mol. The lowest BCUT2D eigenvalue weighted by molar-refractivity contribution is -0.144. The Morgan fingerprint density at radius 2 is 1.86 bits per heavy atom. The van der Waals surface area contributed by atoms with Gasteiger partial charge in [-0.15, -0.1) is 0 Å². The number of nitrogens with zero attached hydrogens (tertiary/aromatic N) is 6. The Bertz CT molecular complexity index is 1530. The molecule has 0 radical (unpaired) electrons. The molecule has 2 aromatic heterocycles. The van der Waals surface area contributed by atoms with Crippen molar-refractivity contribution in [3.8, 4) is 11.3 Å². The second-order valence-electron chi connectivity index (χ2n) is 12.5. The first-order valence-corrected chi connectivity index (χ1v) is 14.8. The summed E-state index contributed by atoms with van der Waals surface area (Å²) in [7, 11) is 1.62. The van der Waals surface area contributed by atoms with Crippen LogP contribution in [0, 0.1) is 0 Å². The van der Waals surface area contributed by atoms with Crippen LogP contribution in [-0.4, -0.2) is 109 Å². The lowest BCUT2D eigenvalue weighted by atomic mass is 9.92. The molecule has 1 N–H and O–H groups in total. The molecule has 3 aliphatic rings. The number of ether oxygens (including phenoxy) is 3. The second kappa shape index (κ2) is 11.2. The van der Waals surface area contributed by atoms with Crippen molar-refractivity contribution in [1.29, 1.82) is 0 Å². The summed E-state index contributed by atoms with van der Waals surface area (Å²) in [5, 5.41) is 3.53. The lowest BCUT2D eigenvalue weighted by Gasteiger charge is -2.53. The largest absolute Gasteiger partial charge is 0.444 e. The van der Waals surface area contributed by atoms with Crippen LogP contribution in [0.15, 0.2) is 36.4 Å². The summed E-state index contributed by atoms with van der Waals surface area (Å²) >= 11 is 0. The molecular weight excluding hydrogens is 550 g/mol. The van der Waals surface area contributed by atoms with Crippen LogP contribution >= 0.6 is 0 Å². The van der Waals surface area contributed by atoms with Gasteiger partial charge in [0, 0.05) is 31.3 Å². The SMILES string of the molecule is CNC(=O)c1cccc(-c2ccc3c(N4CCOC[C@@H]4C)nc(N4CCOC5(CN(C(=O)OC(C)(C)C)C5)C4)nc3n2)c1. The molecule has 3 aromatic rings. The molecule has 3 aliphatic heterocycles. The predicted molar refractivity (Wildman–Crippen MR) is 162 cm³/mol. The van der Waals surface area contributed by atoms with Gasteiger partial charge in [-0.1, -0.05) is 12.1 Å². The van der Waals surface area contributed by atoms with E-state index in [1.807, 2.05) is 51.1 Å². The number of likely N-dealkylation sites (tertiary alicyclic amines) is 1. The maximum atomic E-state index is 12.6. The normalized spacial score (nSPS) is 20.2. The molecule has 0 unspecified atom stereocenters. The summed E-state index contributed by atoms with van der Waals surface area (Å²) in [5.41, 5.74) is 1.62. The third-order valence-electron chi connectivity index (χ3n) is 7.96.